The number of halogens is 1. The summed E-state index contributed by atoms with van der Waals surface area (Å²) >= 11 is 0. The number of nitrogens with one attached hydrogen (secondary N) is 1. The van der Waals surface area contributed by atoms with Crippen LogP contribution in [0.3, 0.4) is 0 Å². The van der Waals surface area contributed by atoms with E-state index < -0.39 is 0 Å². The third-order valence-electron chi connectivity index (χ3n) is 5.06. The molecule has 1 heterocycles. The van der Waals surface area contributed by atoms with Gasteiger partial charge >= 0.3 is 0 Å². The molecule has 0 saturated carbocycles. The van der Waals surface area contributed by atoms with Crippen LogP contribution in [0.2, 0.25) is 0 Å². The lowest BCUT2D eigenvalue weighted by Crippen LogP contribution is -2.48. The summed E-state index contributed by atoms with van der Waals surface area (Å²) in [7, 11) is 0. The van der Waals surface area contributed by atoms with Crippen molar-refractivity contribution >= 4 is 29.9 Å². The molecule has 0 aromatic heterocycles. The molecule has 0 amide bonds. The van der Waals surface area contributed by atoms with Gasteiger partial charge in [0, 0.05) is 38.5 Å². The lowest BCUT2D eigenvalue weighted by Gasteiger charge is -2.34. The maximum Gasteiger partial charge on any atom is 0.193 e. The van der Waals surface area contributed by atoms with Crippen molar-refractivity contribution in [1.29, 1.82) is 0 Å². The van der Waals surface area contributed by atoms with Crippen LogP contribution in [0.1, 0.15) is 40.5 Å². The second-order valence-electron chi connectivity index (χ2n) is 6.88. The molecular weight excluding hydrogens is 451 g/mol. The van der Waals surface area contributed by atoms with Crippen LogP contribution in [0.25, 0.3) is 0 Å². The van der Waals surface area contributed by atoms with Crippen molar-refractivity contribution in [2.24, 2.45) is 4.99 Å². The number of ether oxygens (including phenoxy) is 1. The van der Waals surface area contributed by atoms with Gasteiger partial charge < -0.3 is 15.0 Å². The standard InChI is InChI=1S/C21H36N4O.HI/c1-5-22-21(23-17-18(4)24(6-2)7-3)25-15-13-20(14-16-25)26-19-11-9-8-10-12-19;/h8-12,18,20H,5-7,13-17H2,1-4H3,(H,22,23);1H. The molecule has 1 aromatic rings. The van der Waals surface area contributed by atoms with E-state index >= 15 is 0 Å². The number of nitrogens with zero attached hydrogens (tertiary/aromatic N) is 3. The number of rotatable bonds is 8. The van der Waals surface area contributed by atoms with Gasteiger partial charge in [-0.05, 0) is 39.1 Å². The fourth-order valence-electron chi connectivity index (χ4n) is 3.48. The molecular formula is C21H37IN4O. The van der Waals surface area contributed by atoms with E-state index in [0.29, 0.717) is 12.1 Å². The molecule has 0 aliphatic carbocycles. The van der Waals surface area contributed by atoms with Gasteiger partial charge in [0.05, 0.1) is 6.54 Å². The number of hydrogen-bond acceptors (Lipinski definition) is 3. The predicted octanol–water partition coefficient (Wildman–Crippen LogP) is 3.84. The molecule has 1 saturated heterocycles. The van der Waals surface area contributed by atoms with Gasteiger partial charge in [0.15, 0.2) is 5.96 Å². The van der Waals surface area contributed by atoms with Crippen LogP contribution in [0.5, 0.6) is 5.75 Å². The van der Waals surface area contributed by atoms with E-state index in [9.17, 15) is 0 Å². The minimum atomic E-state index is 0. The Morgan fingerprint density at radius 1 is 1.19 bits per heavy atom. The van der Waals surface area contributed by atoms with Gasteiger partial charge in [-0.1, -0.05) is 32.0 Å². The highest BCUT2D eigenvalue weighted by atomic mass is 127. The van der Waals surface area contributed by atoms with Gasteiger partial charge in [-0.25, -0.2) is 0 Å². The Morgan fingerprint density at radius 3 is 2.37 bits per heavy atom. The Kier molecular flexibility index (Phi) is 11.7. The number of benzene rings is 1. The summed E-state index contributed by atoms with van der Waals surface area (Å²) in [6, 6.07) is 10.6. The van der Waals surface area contributed by atoms with Crippen molar-refractivity contribution in [3.8, 4) is 5.75 Å². The summed E-state index contributed by atoms with van der Waals surface area (Å²) in [5.74, 6) is 2.02. The van der Waals surface area contributed by atoms with Gasteiger partial charge in [-0.2, -0.15) is 0 Å². The third kappa shape index (κ3) is 7.86. The van der Waals surface area contributed by atoms with E-state index in [1.165, 1.54) is 0 Å². The molecule has 2 rings (SSSR count). The van der Waals surface area contributed by atoms with E-state index in [2.05, 4.69) is 42.8 Å². The molecule has 0 radical (unpaired) electrons. The van der Waals surface area contributed by atoms with Crippen LogP contribution in [0, 0.1) is 0 Å². The summed E-state index contributed by atoms with van der Waals surface area (Å²) in [5, 5.41) is 3.46. The predicted molar refractivity (Wildman–Crippen MR) is 125 cm³/mol. The summed E-state index contributed by atoms with van der Waals surface area (Å²) < 4.78 is 6.11. The zero-order chi connectivity index (χ0) is 18.8. The molecule has 27 heavy (non-hydrogen) atoms. The maximum atomic E-state index is 6.11. The van der Waals surface area contributed by atoms with Gasteiger partial charge in [0.25, 0.3) is 0 Å². The van der Waals surface area contributed by atoms with Crippen molar-refractivity contribution in [2.45, 2.75) is 52.7 Å². The zero-order valence-electron chi connectivity index (χ0n) is 17.4. The normalized spacial score (nSPS) is 16.8. The van der Waals surface area contributed by atoms with Crippen LogP contribution in [0.4, 0.5) is 0 Å². The zero-order valence-corrected chi connectivity index (χ0v) is 19.7. The first-order valence-corrected chi connectivity index (χ1v) is 10.2. The molecule has 1 N–H and O–H groups in total. The van der Waals surface area contributed by atoms with Crippen molar-refractivity contribution in [3.05, 3.63) is 30.3 Å². The van der Waals surface area contributed by atoms with E-state index in [1.54, 1.807) is 0 Å². The van der Waals surface area contributed by atoms with Gasteiger partial charge in [-0.15, -0.1) is 24.0 Å². The topological polar surface area (TPSA) is 40.1 Å². The molecule has 1 aliphatic heterocycles. The summed E-state index contributed by atoms with van der Waals surface area (Å²) in [4.78, 5) is 9.74. The fourth-order valence-corrected chi connectivity index (χ4v) is 3.48. The second kappa shape index (κ2) is 13.2. The first-order valence-electron chi connectivity index (χ1n) is 10.2. The van der Waals surface area contributed by atoms with Crippen molar-refractivity contribution in [3.63, 3.8) is 0 Å². The molecule has 6 heteroatoms. The number of likely N-dealkylation sites (tertiary alicyclic amines) is 1. The molecule has 1 aliphatic rings. The lowest BCUT2D eigenvalue weighted by atomic mass is 10.1. The van der Waals surface area contributed by atoms with Crippen LogP contribution in [-0.2, 0) is 0 Å². The monoisotopic (exact) mass is 488 g/mol. The van der Waals surface area contributed by atoms with Crippen LogP contribution < -0.4 is 10.1 Å². The Labute approximate surface area is 182 Å². The lowest BCUT2D eigenvalue weighted by molar-refractivity contribution is 0.129. The van der Waals surface area contributed by atoms with Crippen molar-refractivity contribution in [2.75, 3.05) is 39.3 Å². The summed E-state index contributed by atoms with van der Waals surface area (Å²) in [6.45, 7) is 14.7. The summed E-state index contributed by atoms with van der Waals surface area (Å²) in [6.07, 6.45) is 2.36. The van der Waals surface area contributed by atoms with E-state index in [4.69, 9.17) is 9.73 Å². The van der Waals surface area contributed by atoms with Gasteiger partial charge in [0.1, 0.15) is 11.9 Å². The number of piperidine rings is 1. The average Bonchev–Trinajstić information content (AvgIpc) is 2.67. The Balaban J connectivity index is 0.00000364. The Hall–Kier alpha value is -1.02. The number of aliphatic imine (C=N–C) groups is 1. The number of para-hydroxylation sites is 1. The van der Waals surface area contributed by atoms with Crippen LogP contribution in [-0.4, -0.2) is 67.2 Å². The minimum absolute atomic E-state index is 0. The highest BCUT2D eigenvalue weighted by Gasteiger charge is 2.23. The minimum Gasteiger partial charge on any atom is -0.490 e. The quantitative estimate of drug-likeness (QED) is 0.343. The van der Waals surface area contributed by atoms with Crippen LogP contribution >= 0.6 is 24.0 Å². The maximum absolute atomic E-state index is 6.11. The largest absolute Gasteiger partial charge is 0.490 e. The van der Waals surface area contributed by atoms with Gasteiger partial charge in [0.2, 0.25) is 0 Å². The molecule has 5 nitrogen and oxygen atoms in total. The van der Waals surface area contributed by atoms with E-state index in [-0.39, 0.29) is 24.0 Å². The third-order valence-corrected chi connectivity index (χ3v) is 5.06. The molecule has 1 aromatic carbocycles. The molecule has 1 unspecified atom stereocenters. The smallest absolute Gasteiger partial charge is 0.193 e. The number of hydrogen-bond donors (Lipinski definition) is 1. The molecule has 1 fully saturated rings. The fraction of sp³-hybridized carbons (Fsp3) is 0.667. The SMILES string of the molecule is CCNC(=NCC(C)N(CC)CC)N1CCC(Oc2ccccc2)CC1.I. The molecule has 0 spiro atoms. The Bertz CT molecular complexity index is 528. The van der Waals surface area contributed by atoms with Crippen molar-refractivity contribution < 1.29 is 4.74 Å². The summed E-state index contributed by atoms with van der Waals surface area (Å²) in [5.41, 5.74) is 0. The number of likely N-dealkylation sites (N-methyl/N-ethyl adjacent to an activating group) is 1. The van der Waals surface area contributed by atoms with E-state index in [0.717, 1.165) is 63.8 Å². The average molecular weight is 488 g/mol. The van der Waals surface area contributed by atoms with E-state index in [1.807, 2.05) is 30.3 Å². The highest BCUT2D eigenvalue weighted by Crippen LogP contribution is 2.18. The molecule has 0 bridgehead atoms. The number of guanidine groups is 1. The second-order valence-corrected chi connectivity index (χ2v) is 6.88. The highest BCUT2D eigenvalue weighted by molar-refractivity contribution is 14.0. The van der Waals surface area contributed by atoms with Gasteiger partial charge in [-0.3, -0.25) is 9.89 Å². The molecule has 1 atom stereocenters. The molecule has 154 valence electrons. The first kappa shape index (κ1) is 24.0. The van der Waals surface area contributed by atoms with Crippen molar-refractivity contribution in [1.82, 2.24) is 15.1 Å². The Morgan fingerprint density at radius 2 is 1.81 bits per heavy atom. The first-order chi connectivity index (χ1) is 12.7. The van der Waals surface area contributed by atoms with Crippen LogP contribution in [0.15, 0.2) is 35.3 Å².